The van der Waals surface area contributed by atoms with Gasteiger partial charge in [0, 0.05) is 16.6 Å². The SMILES string of the molecule is Cc1sc(-c2cccnc2N)nc1-c1ccccc1F. The Bertz CT molecular complexity index is 767. The molecule has 0 saturated carbocycles. The Morgan fingerprint density at radius 3 is 2.60 bits per heavy atom. The molecular weight excluding hydrogens is 273 g/mol. The summed E-state index contributed by atoms with van der Waals surface area (Å²) in [4.78, 5) is 9.54. The summed E-state index contributed by atoms with van der Waals surface area (Å²) >= 11 is 1.49. The Morgan fingerprint density at radius 1 is 1.10 bits per heavy atom. The van der Waals surface area contributed by atoms with Gasteiger partial charge in [-0.15, -0.1) is 11.3 Å². The van der Waals surface area contributed by atoms with Crippen LogP contribution in [0.3, 0.4) is 0 Å². The van der Waals surface area contributed by atoms with Crippen molar-refractivity contribution in [2.75, 3.05) is 5.73 Å². The largest absolute Gasteiger partial charge is 0.383 e. The standard InChI is InChI=1S/C15H12FN3S/c1-9-13(10-5-2-3-7-12(10)16)19-15(20-9)11-6-4-8-18-14(11)17/h2-8H,1H3,(H2,17,18). The number of benzene rings is 1. The van der Waals surface area contributed by atoms with Gasteiger partial charge in [-0.3, -0.25) is 0 Å². The van der Waals surface area contributed by atoms with Gasteiger partial charge in [-0.1, -0.05) is 12.1 Å². The Balaban J connectivity index is 2.13. The number of nitrogens with two attached hydrogens (primary N) is 1. The highest BCUT2D eigenvalue weighted by molar-refractivity contribution is 7.15. The molecule has 100 valence electrons. The van der Waals surface area contributed by atoms with Gasteiger partial charge in [0.2, 0.25) is 0 Å². The molecule has 5 heteroatoms. The quantitative estimate of drug-likeness (QED) is 0.777. The first-order valence-corrected chi connectivity index (χ1v) is 6.91. The molecule has 0 fully saturated rings. The van der Waals surface area contributed by atoms with E-state index in [0.29, 0.717) is 17.1 Å². The van der Waals surface area contributed by atoms with Crippen LogP contribution in [0.5, 0.6) is 0 Å². The molecule has 20 heavy (non-hydrogen) atoms. The van der Waals surface area contributed by atoms with E-state index in [2.05, 4.69) is 9.97 Å². The van der Waals surface area contributed by atoms with Crippen LogP contribution < -0.4 is 5.73 Å². The molecule has 0 radical (unpaired) electrons. The van der Waals surface area contributed by atoms with Gasteiger partial charge >= 0.3 is 0 Å². The molecule has 0 unspecified atom stereocenters. The first kappa shape index (κ1) is 12.7. The molecule has 2 heterocycles. The predicted molar refractivity (Wildman–Crippen MR) is 79.9 cm³/mol. The molecule has 0 aliphatic heterocycles. The molecule has 0 spiro atoms. The Labute approximate surface area is 119 Å². The van der Waals surface area contributed by atoms with E-state index in [1.165, 1.54) is 17.4 Å². The number of nitrogen functional groups attached to an aromatic ring is 1. The van der Waals surface area contributed by atoms with Crippen molar-refractivity contribution in [2.24, 2.45) is 0 Å². The summed E-state index contributed by atoms with van der Waals surface area (Å²) in [6.07, 6.45) is 1.64. The maximum Gasteiger partial charge on any atom is 0.133 e. The minimum absolute atomic E-state index is 0.272. The number of halogens is 1. The van der Waals surface area contributed by atoms with Crippen LogP contribution in [-0.4, -0.2) is 9.97 Å². The monoisotopic (exact) mass is 285 g/mol. The van der Waals surface area contributed by atoms with Crippen LogP contribution in [0.2, 0.25) is 0 Å². The Hall–Kier alpha value is -2.27. The average molecular weight is 285 g/mol. The van der Waals surface area contributed by atoms with Crippen molar-refractivity contribution in [2.45, 2.75) is 6.92 Å². The van der Waals surface area contributed by atoms with Crippen LogP contribution in [-0.2, 0) is 0 Å². The minimum Gasteiger partial charge on any atom is -0.383 e. The van der Waals surface area contributed by atoms with Gasteiger partial charge in [0.15, 0.2) is 0 Å². The molecule has 0 amide bonds. The van der Waals surface area contributed by atoms with Crippen molar-refractivity contribution in [3.05, 3.63) is 53.3 Å². The summed E-state index contributed by atoms with van der Waals surface area (Å²) in [6.45, 7) is 1.93. The van der Waals surface area contributed by atoms with Crippen LogP contribution in [0, 0.1) is 12.7 Å². The lowest BCUT2D eigenvalue weighted by Gasteiger charge is -2.00. The molecule has 0 saturated heterocycles. The molecule has 1 aromatic carbocycles. The van der Waals surface area contributed by atoms with Crippen LogP contribution in [0.25, 0.3) is 21.8 Å². The second kappa shape index (κ2) is 5.02. The molecule has 0 atom stereocenters. The van der Waals surface area contributed by atoms with Gasteiger partial charge < -0.3 is 5.73 Å². The van der Waals surface area contributed by atoms with E-state index in [-0.39, 0.29) is 5.82 Å². The van der Waals surface area contributed by atoms with Crippen molar-refractivity contribution in [1.82, 2.24) is 9.97 Å². The molecular formula is C15H12FN3S. The summed E-state index contributed by atoms with van der Waals surface area (Å²) in [5.74, 6) is 0.160. The van der Waals surface area contributed by atoms with E-state index in [0.717, 1.165) is 15.4 Å². The van der Waals surface area contributed by atoms with Gasteiger partial charge in [-0.2, -0.15) is 0 Å². The third kappa shape index (κ3) is 2.16. The summed E-state index contributed by atoms with van der Waals surface area (Å²) in [5.41, 5.74) is 7.81. The van der Waals surface area contributed by atoms with E-state index in [4.69, 9.17) is 5.73 Å². The lowest BCUT2D eigenvalue weighted by Crippen LogP contribution is -1.92. The Morgan fingerprint density at radius 2 is 1.85 bits per heavy atom. The van der Waals surface area contributed by atoms with Gasteiger partial charge in [0.05, 0.1) is 11.3 Å². The molecule has 2 N–H and O–H groups in total. The molecule has 3 rings (SSSR count). The lowest BCUT2D eigenvalue weighted by atomic mass is 10.1. The molecule has 0 aliphatic carbocycles. The van der Waals surface area contributed by atoms with Crippen LogP contribution in [0.4, 0.5) is 10.2 Å². The molecule has 0 aliphatic rings. The third-order valence-electron chi connectivity index (χ3n) is 2.99. The number of thiazole rings is 1. The van der Waals surface area contributed by atoms with Crippen molar-refractivity contribution in [3.63, 3.8) is 0 Å². The zero-order valence-corrected chi connectivity index (χ0v) is 11.6. The molecule has 0 bridgehead atoms. The fourth-order valence-electron chi connectivity index (χ4n) is 2.01. The predicted octanol–water partition coefficient (Wildman–Crippen LogP) is 3.90. The van der Waals surface area contributed by atoms with Crippen LogP contribution >= 0.6 is 11.3 Å². The topological polar surface area (TPSA) is 51.8 Å². The van der Waals surface area contributed by atoms with Crippen LogP contribution in [0.1, 0.15) is 4.88 Å². The van der Waals surface area contributed by atoms with Crippen molar-refractivity contribution in [3.8, 4) is 21.8 Å². The summed E-state index contributed by atoms with van der Waals surface area (Å²) in [7, 11) is 0. The van der Waals surface area contributed by atoms with Crippen LogP contribution in [0.15, 0.2) is 42.6 Å². The van der Waals surface area contributed by atoms with Crippen molar-refractivity contribution < 1.29 is 4.39 Å². The molecule has 3 aromatic rings. The maximum atomic E-state index is 13.9. The second-order valence-corrected chi connectivity index (χ2v) is 5.54. The smallest absolute Gasteiger partial charge is 0.133 e. The summed E-state index contributed by atoms with van der Waals surface area (Å²) in [5, 5.41) is 0.756. The highest BCUT2D eigenvalue weighted by Gasteiger charge is 2.15. The summed E-state index contributed by atoms with van der Waals surface area (Å²) in [6, 6.07) is 10.3. The molecule has 2 aromatic heterocycles. The fourth-order valence-corrected chi connectivity index (χ4v) is 2.97. The number of hydrogen-bond donors (Lipinski definition) is 1. The number of rotatable bonds is 2. The minimum atomic E-state index is -0.272. The number of nitrogens with zero attached hydrogens (tertiary/aromatic N) is 2. The number of anilines is 1. The van der Waals surface area contributed by atoms with E-state index < -0.39 is 0 Å². The van der Waals surface area contributed by atoms with Gasteiger partial charge in [0.25, 0.3) is 0 Å². The molecule has 3 nitrogen and oxygen atoms in total. The number of pyridine rings is 1. The highest BCUT2D eigenvalue weighted by Crippen LogP contribution is 2.35. The van der Waals surface area contributed by atoms with E-state index >= 15 is 0 Å². The zero-order chi connectivity index (χ0) is 14.1. The van der Waals surface area contributed by atoms with Gasteiger partial charge in [-0.05, 0) is 31.2 Å². The normalized spacial score (nSPS) is 10.7. The maximum absolute atomic E-state index is 13.9. The zero-order valence-electron chi connectivity index (χ0n) is 10.8. The lowest BCUT2D eigenvalue weighted by molar-refractivity contribution is 0.631. The number of aromatic nitrogens is 2. The van der Waals surface area contributed by atoms with Gasteiger partial charge in [-0.25, -0.2) is 14.4 Å². The fraction of sp³-hybridized carbons (Fsp3) is 0.0667. The first-order chi connectivity index (χ1) is 9.66. The number of hydrogen-bond acceptors (Lipinski definition) is 4. The van der Waals surface area contributed by atoms with Crippen molar-refractivity contribution in [1.29, 1.82) is 0 Å². The Kier molecular flexibility index (Phi) is 3.20. The van der Waals surface area contributed by atoms with E-state index in [1.54, 1.807) is 24.4 Å². The van der Waals surface area contributed by atoms with E-state index in [1.807, 2.05) is 19.1 Å². The number of aryl methyl sites for hydroxylation is 1. The third-order valence-corrected chi connectivity index (χ3v) is 4.00. The second-order valence-electron chi connectivity index (χ2n) is 4.34. The first-order valence-electron chi connectivity index (χ1n) is 6.10. The van der Waals surface area contributed by atoms with Crippen molar-refractivity contribution >= 4 is 17.2 Å². The highest BCUT2D eigenvalue weighted by atomic mass is 32.1. The van der Waals surface area contributed by atoms with E-state index in [9.17, 15) is 4.39 Å². The summed E-state index contributed by atoms with van der Waals surface area (Å²) < 4.78 is 13.9. The average Bonchev–Trinajstić information content (AvgIpc) is 2.81. The van der Waals surface area contributed by atoms with Gasteiger partial charge in [0.1, 0.15) is 16.6 Å².